The van der Waals surface area contributed by atoms with Crippen molar-refractivity contribution in [3.05, 3.63) is 42.5 Å². The lowest BCUT2D eigenvalue weighted by Crippen LogP contribution is -2.09. The first kappa shape index (κ1) is 10.5. The number of amides is 1. The molecule has 1 aromatic rings. The van der Waals surface area contributed by atoms with Gasteiger partial charge in [-0.2, -0.15) is 0 Å². The number of carbonyl (C=O) groups is 1. The van der Waals surface area contributed by atoms with Crippen LogP contribution in [0.3, 0.4) is 0 Å². The Labute approximate surface area is 86.1 Å². The van der Waals surface area contributed by atoms with Gasteiger partial charge in [-0.15, -0.1) is 0 Å². The first-order chi connectivity index (χ1) is 6.65. The number of rotatable bonds is 3. The first-order valence-electron chi connectivity index (χ1n) is 4.67. The zero-order valence-corrected chi connectivity index (χ0v) is 8.58. The maximum absolute atomic E-state index is 11.1. The lowest BCUT2D eigenvalue weighted by Gasteiger charge is -2.12. The Hall–Kier alpha value is -1.57. The maximum atomic E-state index is 11.1. The second-order valence-electron chi connectivity index (χ2n) is 3.44. The highest BCUT2D eigenvalue weighted by Crippen LogP contribution is 2.23. The fraction of sp³-hybridized carbons (Fsp3) is 0.250. The molecule has 0 atom stereocenters. The summed E-state index contributed by atoms with van der Waals surface area (Å²) >= 11 is 0. The second kappa shape index (κ2) is 4.61. The maximum Gasteiger partial charge on any atom is 0.247 e. The van der Waals surface area contributed by atoms with E-state index in [1.54, 1.807) is 0 Å². The highest BCUT2D eigenvalue weighted by molar-refractivity contribution is 5.99. The van der Waals surface area contributed by atoms with E-state index in [-0.39, 0.29) is 7.33 Å². The van der Waals surface area contributed by atoms with Crippen molar-refractivity contribution in [1.29, 1.82) is 0 Å². The van der Waals surface area contributed by atoms with Crippen LogP contribution in [0.4, 0.5) is 5.69 Å². The molecule has 0 bridgehead atoms. The van der Waals surface area contributed by atoms with Crippen molar-refractivity contribution >= 4 is 11.6 Å². The summed E-state index contributed by atoms with van der Waals surface area (Å²) in [6.45, 7) is 7.61. The summed E-state index contributed by atoms with van der Waals surface area (Å²) in [5.74, 6) is 0.231. The SMILES string of the molecule is C=CC(=O)Nc1ccccc1C(C)C.[HH]. The fourth-order valence-corrected chi connectivity index (χ4v) is 1.30. The molecule has 0 aliphatic carbocycles. The fourth-order valence-electron chi connectivity index (χ4n) is 1.30. The molecule has 1 amide bonds. The van der Waals surface area contributed by atoms with E-state index >= 15 is 0 Å². The Morgan fingerprint density at radius 3 is 2.71 bits per heavy atom. The van der Waals surface area contributed by atoms with Crippen LogP contribution in [0.2, 0.25) is 0 Å². The molecule has 1 rings (SSSR count). The van der Waals surface area contributed by atoms with Gasteiger partial charge in [0.1, 0.15) is 0 Å². The molecule has 0 unspecified atom stereocenters. The molecule has 0 saturated heterocycles. The molecule has 1 N–H and O–H groups in total. The van der Waals surface area contributed by atoms with Crippen LogP contribution in [0.15, 0.2) is 36.9 Å². The zero-order chi connectivity index (χ0) is 10.6. The summed E-state index contributed by atoms with van der Waals surface area (Å²) in [5.41, 5.74) is 2.01. The molecule has 0 spiro atoms. The van der Waals surface area contributed by atoms with E-state index in [9.17, 15) is 4.79 Å². The molecule has 2 nitrogen and oxygen atoms in total. The van der Waals surface area contributed by atoms with Crippen molar-refractivity contribution in [3.8, 4) is 0 Å². The number of anilines is 1. The lowest BCUT2D eigenvalue weighted by atomic mass is 10.0. The van der Waals surface area contributed by atoms with E-state index in [2.05, 4.69) is 25.7 Å². The smallest absolute Gasteiger partial charge is 0.247 e. The van der Waals surface area contributed by atoms with Crippen LogP contribution >= 0.6 is 0 Å². The van der Waals surface area contributed by atoms with Crippen molar-refractivity contribution < 1.29 is 6.22 Å². The van der Waals surface area contributed by atoms with Crippen LogP contribution in [-0.2, 0) is 4.79 Å². The third kappa shape index (κ3) is 2.46. The first-order valence-corrected chi connectivity index (χ1v) is 4.67. The molecule has 14 heavy (non-hydrogen) atoms. The monoisotopic (exact) mass is 191 g/mol. The minimum absolute atomic E-state index is 0. The molecule has 0 aliphatic rings. The third-order valence-electron chi connectivity index (χ3n) is 2.03. The van der Waals surface area contributed by atoms with Crippen molar-refractivity contribution in [2.24, 2.45) is 0 Å². The molecule has 0 aromatic heterocycles. The molecular weight excluding hydrogens is 174 g/mol. The molecule has 0 fully saturated rings. The topological polar surface area (TPSA) is 29.1 Å². The third-order valence-corrected chi connectivity index (χ3v) is 2.03. The Morgan fingerprint density at radius 2 is 2.14 bits per heavy atom. The van der Waals surface area contributed by atoms with Crippen LogP contribution in [0.25, 0.3) is 0 Å². The van der Waals surface area contributed by atoms with Crippen LogP contribution in [0, 0.1) is 0 Å². The predicted octanol–water partition coefficient (Wildman–Crippen LogP) is 3.18. The Morgan fingerprint density at radius 1 is 1.50 bits per heavy atom. The average Bonchev–Trinajstić information content (AvgIpc) is 2.18. The van der Waals surface area contributed by atoms with Crippen molar-refractivity contribution in [3.63, 3.8) is 0 Å². The number of hydrogen-bond donors (Lipinski definition) is 1. The van der Waals surface area contributed by atoms with Gasteiger partial charge in [-0.05, 0) is 23.6 Å². The standard InChI is InChI=1S/C12H15NO.H2/c1-4-12(14)13-11-8-6-5-7-10(11)9(2)3;/h4-9H,1H2,2-3H3,(H,13,14);1H. The highest BCUT2D eigenvalue weighted by Gasteiger charge is 2.06. The van der Waals surface area contributed by atoms with Crippen LogP contribution in [0.1, 0.15) is 26.8 Å². The van der Waals surface area contributed by atoms with Gasteiger partial charge in [0, 0.05) is 7.11 Å². The van der Waals surface area contributed by atoms with Crippen LogP contribution < -0.4 is 5.32 Å². The summed E-state index contributed by atoms with van der Waals surface area (Å²) in [6, 6.07) is 7.80. The molecule has 0 aliphatic heterocycles. The summed E-state index contributed by atoms with van der Waals surface area (Å²) < 4.78 is 0. The minimum atomic E-state index is -0.168. The zero-order valence-electron chi connectivity index (χ0n) is 8.58. The van der Waals surface area contributed by atoms with Gasteiger partial charge >= 0.3 is 0 Å². The van der Waals surface area contributed by atoms with Crippen molar-refractivity contribution in [2.75, 3.05) is 5.32 Å². The van der Waals surface area contributed by atoms with E-state index < -0.39 is 0 Å². The van der Waals surface area contributed by atoms with Crippen molar-refractivity contribution in [1.82, 2.24) is 0 Å². The van der Waals surface area contributed by atoms with Crippen LogP contribution in [-0.4, -0.2) is 5.91 Å². The number of para-hydroxylation sites is 1. The summed E-state index contributed by atoms with van der Waals surface area (Å²) in [7, 11) is 0. The molecule has 0 heterocycles. The highest BCUT2D eigenvalue weighted by atomic mass is 16.1. The van der Waals surface area contributed by atoms with Gasteiger partial charge in [-0.3, -0.25) is 4.79 Å². The predicted molar refractivity (Wildman–Crippen MR) is 61.5 cm³/mol. The van der Waals surface area contributed by atoms with Gasteiger partial charge in [0.15, 0.2) is 0 Å². The average molecular weight is 191 g/mol. The Balaban J connectivity index is 0.00000196. The quantitative estimate of drug-likeness (QED) is 0.730. The van der Waals surface area contributed by atoms with Gasteiger partial charge in [0.2, 0.25) is 5.91 Å². The molecule has 0 radical (unpaired) electrons. The molecular formula is C12H17NO. The Bertz CT molecular complexity index is 347. The Kier molecular flexibility index (Phi) is 3.46. The van der Waals surface area contributed by atoms with Gasteiger partial charge in [0.25, 0.3) is 0 Å². The lowest BCUT2D eigenvalue weighted by molar-refractivity contribution is -0.111. The summed E-state index contributed by atoms with van der Waals surface area (Å²) in [4.78, 5) is 11.1. The molecule has 2 heteroatoms. The van der Waals surface area contributed by atoms with Gasteiger partial charge < -0.3 is 5.32 Å². The van der Waals surface area contributed by atoms with E-state index in [1.807, 2.05) is 24.3 Å². The number of carbonyl (C=O) groups excluding carboxylic acids is 1. The van der Waals surface area contributed by atoms with E-state index in [0.29, 0.717) is 5.92 Å². The van der Waals surface area contributed by atoms with Crippen LogP contribution in [0.5, 0.6) is 0 Å². The number of nitrogens with one attached hydrogen (secondary N) is 1. The van der Waals surface area contributed by atoms with Gasteiger partial charge in [0.05, 0.1) is 0 Å². The van der Waals surface area contributed by atoms with E-state index in [4.69, 9.17) is 0 Å². The number of hydrogen-bond acceptors (Lipinski definition) is 1. The van der Waals surface area contributed by atoms with E-state index in [1.165, 1.54) is 6.08 Å². The van der Waals surface area contributed by atoms with Gasteiger partial charge in [-0.1, -0.05) is 38.6 Å². The minimum Gasteiger partial charge on any atom is -0.322 e. The summed E-state index contributed by atoms with van der Waals surface area (Å²) in [6.07, 6.45) is 1.27. The summed E-state index contributed by atoms with van der Waals surface area (Å²) in [5, 5.41) is 2.78. The molecule has 1 aromatic carbocycles. The molecule has 76 valence electrons. The van der Waals surface area contributed by atoms with E-state index in [0.717, 1.165) is 11.3 Å². The number of benzene rings is 1. The molecule has 0 saturated carbocycles. The van der Waals surface area contributed by atoms with Crippen molar-refractivity contribution in [2.45, 2.75) is 19.8 Å². The second-order valence-corrected chi connectivity index (χ2v) is 3.44. The normalized spacial score (nSPS) is 9.93. The largest absolute Gasteiger partial charge is 0.322 e. The van der Waals surface area contributed by atoms with Gasteiger partial charge in [-0.25, -0.2) is 0 Å².